The summed E-state index contributed by atoms with van der Waals surface area (Å²) in [4.78, 5) is 4.08. The van der Waals surface area contributed by atoms with Gasteiger partial charge in [-0.2, -0.15) is 0 Å². The van der Waals surface area contributed by atoms with E-state index >= 15 is 8.78 Å². The normalized spacial score (nSPS) is 13.7. The van der Waals surface area contributed by atoms with Crippen molar-refractivity contribution in [1.29, 1.82) is 0 Å². The Kier molecular flexibility index (Phi) is 5.89. The van der Waals surface area contributed by atoms with E-state index in [2.05, 4.69) is 85.8 Å². The van der Waals surface area contributed by atoms with E-state index in [1.165, 1.54) is 23.2 Å². The summed E-state index contributed by atoms with van der Waals surface area (Å²) in [6.07, 6.45) is 1.69. The fourth-order valence-corrected chi connectivity index (χ4v) is 8.67. The number of benzene rings is 6. The molecule has 0 radical (unpaired) electrons. The molecule has 50 heavy (non-hydrogen) atoms. The second kappa shape index (κ2) is 10.1. The second-order valence-corrected chi connectivity index (χ2v) is 14.5. The molecular formula is C43H32BF2N3O. The Morgan fingerprint density at radius 2 is 1.16 bits per heavy atom. The maximum atomic E-state index is 16.2. The van der Waals surface area contributed by atoms with Crippen LogP contribution in [0.5, 0.6) is 0 Å². The fraction of sp³-hybridized carbons (Fsp3) is 0.116. The van der Waals surface area contributed by atoms with Crippen molar-refractivity contribution in [3.05, 3.63) is 139 Å². The summed E-state index contributed by atoms with van der Waals surface area (Å²) in [5.41, 5.74) is 11.4. The first-order chi connectivity index (χ1) is 24.2. The largest absolute Gasteiger partial charge is 0.462 e. The van der Waals surface area contributed by atoms with Crippen molar-refractivity contribution in [3.8, 4) is 0 Å². The van der Waals surface area contributed by atoms with Crippen molar-refractivity contribution in [1.82, 2.24) is 4.57 Å². The van der Waals surface area contributed by atoms with E-state index in [4.69, 9.17) is 4.42 Å². The number of halogens is 2. The molecule has 0 unspecified atom stereocenters. The van der Waals surface area contributed by atoms with E-state index in [0.29, 0.717) is 17.0 Å². The number of hydrogen-bond donors (Lipinski definition) is 0. The summed E-state index contributed by atoms with van der Waals surface area (Å²) in [6.45, 7) is 6.49. The fourth-order valence-electron chi connectivity index (χ4n) is 8.67. The standard InChI is InChI=1S/C43H32BF2N3O/c1-43(2,3)28-12-9-11-26-27-20-22-29-40(39(27)47(4)38(26)28)48(33-15-7-5-13-31(33)45)35-17-10-18-36-37(35)44(29)30-21-19-25-23-24-50-42(25)41(30)49(36)34-16-8-6-14-32(34)46/h5-24H,1-4H3. The van der Waals surface area contributed by atoms with Gasteiger partial charge in [0.05, 0.1) is 40.0 Å². The smallest absolute Gasteiger partial charge is 0.252 e. The molecule has 6 aromatic carbocycles. The van der Waals surface area contributed by atoms with Gasteiger partial charge in [0.1, 0.15) is 11.6 Å². The number of nitrogens with zero attached hydrogens (tertiary/aromatic N) is 3. The third kappa shape index (κ3) is 3.75. The first-order valence-electron chi connectivity index (χ1n) is 17.0. The molecule has 0 N–H and O–H groups in total. The van der Waals surface area contributed by atoms with Gasteiger partial charge >= 0.3 is 0 Å². The third-order valence-electron chi connectivity index (χ3n) is 10.7. The highest BCUT2D eigenvalue weighted by Crippen LogP contribution is 2.49. The highest BCUT2D eigenvalue weighted by atomic mass is 19.1. The van der Waals surface area contributed by atoms with Crippen LogP contribution in [0.4, 0.5) is 42.9 Å². The Hall–Kier alpha value is -5.82. The first kappa shape index (κ1) is 29.1. The number of fused-ring (bicyclic) bond motifs is 10. The average Bonchev–Trinajstić information content (AvgIpc) is 3.71. The second-order valence-electron chi connectivity index (χ2n) is 14.5. The number of anilines is 6. The maximum absolute atomic E-state index is 16.2. The molecule has 0 aliphatic carbocycles. The van der Waals surface area contributed by atoms with Crippen LogP contribution in [0.3, 0.4) is 0 Å². The maximum Gasteiger partial charge on any atom is 0.252 e. The Bertz CT molecular complexity index is 2720. The Balaban J connectivity index is 1.39. The molecule has 0 saturated heterocycles. The molecule has 2 aromatic heterocycles. The minimum atomic E-state index is -0.341. The predicted octanol–water partition coefficient (Wildman–Crippen LogP) is 9.74. The molecule has 2 aliphatic rings. The summed E-state index contributed by atoms with van der Waals surface area (Å²) in [6, 6.07) is 37.1. The van der Waals surface area contributed by atoms with Gasteiger partial charge in [0, 0.05) is 34.6 Å². The molecule has 0 fully saturated rings. The number of para-hydroxylation sites is 3. The van der Waals surface area contributed by atoms with Crippen molar-refractivity contribution in [2.75, 3.05) is 9.80 Å². The number of furan rings is 1. The highest BCUT2D eigenvalue weighted by Gasteiger charge is 2.46. The van der Waals surface area contributed by atoms with Gasteiger partial charge in [0.2, 0.25) is 0 Å². The lowest BCUT2D eigenvalue weighted by atomic mass is 9.33. The molecule has 4 heterocycles. The van der Waals surface area contributed by atoms with Crippen LogP contribution < -0.4 is 26.2 Å². The van der Waals surface area contributed by atoms with E-state index in [9.17, 15) is 0 Å². The monoisotopic (exact) mass is 655 g/mol. The van der Waals surface area contributed by atoms with E-state index in [-0.39, 0.29) is 23.8 Å². The molecule has 8 aromatic rings. The quantitative estimate of drug-likeness (QED) is 0.173. The lowest BCUT2D eigenvalue weighted by Crippen LogP contribution is -2.61. The van der Waals surface area contributed by atoms with Gasteiger partial charge in [-0.25, -0.2) is 8.78 Å². The number of aryl methyl sites for hydroxylation is 1. The van der Waals surface area contributed by atoms with Crippen LogP contribution in [0.2, 0.25) is 0 Å². The lowest BCUT2D eigenvalue weighted by molar-refractivity contribution is 0.593. The topological polar surface area (TPSA) is 24.6 Å². The van der Waals surface area contributed by atoms with Gasteiger partial charge < -0.3 is 18.8 Å². The van der Waals surface area contributed by atoms with Gasteiger partial charge in [-0.1, -0.05) is 93.6 Å². The van der Waals surface area contributed by atoms with Crippen LogP contribution in [0, 0.1) is 11.6 Å². The van der Waals surface area contributed by atoms with Crippen molar-refractivity contribution in [3.63, 3.8) is 0 Å². The summed E-state index contributed by atoms with van der Waals surface area (Å²) < 4.78 is 40.7. The van der Waals surface area contributed by atoms with Crippen LogP contribution >= 0.6 is 0 Å². The molecule has 4 nitrogen and oxygen atoms in total. The molecule has 2 aliphatic heterocycles. The van der Waals surface area contributed by atoms with E-state index in [1.807, 2.05) is 41.3 Å². The van der Waals surface area contributed by atoms with Gasteiger partial charge in [0.15, 0.2) is 5.58 Å². The molecule has 10 rings (SSSR count). The van der Waals surface area contributed by atoms with Crippen LogP contribution in [0.15, 0.2) is 126 Å². The van der Waals surface area contributed by atoms with Crippen molar-refractivity contribution < 1.29 is 13.2 Å². The van der Waals surface area contributed by atoms with E-state index in [1.54, 1.807) is 24.5 Å². The third-order valence-corrected chi connectivity index (χ3v) is 10.7. The van der Waals surface area contributed by atoms with E-state index in [0.717, 1.165) is 60.8 Å². The number of hydrogen-bond acceptors (Lipinski definition) is 3. The van der Waals surface area contributed by atoms with Gasteiger partial charge in [-0.3, -0.25) is 0 Å². The van der Waals surface area contributed by atoms with E-state index < -0.39 is 0 Å². The zero-order chi connectivity index (χ0) is 34.1. The summed E-state index contributed by atoms with van der Waals surface area (Å²) in [5, 5.41) is 3.21. The van der Waals surface area contributed by atoms with Gasteiger partial charge in [-0.05, 0) is 69.8 Å². The summed E-state index contributed by atoms with van der Waals surface area (Å²) in [5.74, 6) is -0.660. The van der Waals surface area contributed by atoms with Gasteiger partial charge in [0.25, 0.3) is 6.71 Å². The molecule has 0 bridgehead atoms. The SMILES string of the molecule is Cn1c2c(C(C)(C)C)cccc2c2ccc3c(c21)N(c1ccccc1F)c1cccc2c1B3c1ccc3ccoc3c1N2c1ccccc1F. The van der Waals surface area contributed by atoms with Crippen LogP contribution in [-0.4, -0.2) is 11.3 Å². The van der Waals surface area contributed by atoms with Crippen LogP contribution in [0.1, 0.15) is 26.3 Å². The molecule has 0 saturated carbocycles. The predicted molar refractivity (Wildman–Crippen MR) is 203 cm³/mol. The van der Waals surface area contributed by atoms with Crippen LogP contribution in [-0.2, 0) is 12.5 Å². The number of rotatable bonds is 2. The minimum Gasteiger partial charge on any atom is -0.462 e. The molecule has 242 valence electrons. The van der Waals surface area contributed by atoms with Crippen molar-refractivity contribution >= 4 is 90.0 Å². The zero-order valence-corrected chi connectivity index (χ0v) is 28.1. The molecule has 0 atom stereocenters. The van der Waals surface area contributed by atoms with Crippen molar-refractivity contribution in [2.24, 2.45) is 7.05 Å². The average molecular weight is 656 g/mol. The Morgan fingerprint density at radius 1 is 0.580 bits per heavy atom. The molecular weight excluding hydrogens is 623 g/mol. The minimum absolute atomic E-state index is 0.0959. The Labute approximate surface area is 288 Å². The van der Waals surface area contributed by atoms with Crippen molar-refractivity contribution in [2.45, 2.75) is 26.2 Å². The summed E-state index contributed by atoms with van der Waals surface area (Å²) in [7, 11) is 2.13. The lowest BCUT2D eigenvalue weighted by Gasteiger charge is -2.44. The van der Waals surface area contributed by atoms with Gasteiger partial charge in [-0.15, -0.1) is 0 Å². The van der Waals surface area contributed by atoms with Crippen LogP contribution in [0.25, 0.3) is 32.8 Å². The molecule has 0 spiro atoms. The zero-order valence-electron chi connectivity index (χ0n) is 28.1. The number of aromatic nitrogens is 1. The molecule has 7 heteroatoms. The summed E-state index contributed by atoms with van der Waals surface area (Å²) >= 11 is 0. The first-order valence-corrected chi connectivity index (χ1v) is 17.0. The Morgan fingerprint density at radius 3 is 1.84 bits per heavy atom. The molecule has 0 amide bonds. The highest BCUT2D eigenvalue weighted by molar-refractivity contribution is 7.00.